The summed E-state index contributed by atoms with van der Waals surface area (Å²) >= 11 is 0. The number of benzene rings is 1. The van der Waals surface area contributed by atoms with Crippen molar-refractivity contribution in [3.05, 3.63) is 47.4 Å². The number of hydrogen-bond donors (Lipinski definition) is 2. The van der Waals surface area contributed by atoms with Crippen LogP contribution in [0.2, 0.25) is 0 Å². The molecule has 0 aliphatic carbocycles. The predicted octanol–water partition coefficient (Wildman–Crippen LogP) is 2.69. The van der Waals surface area contributed by atoms with Gasteiger partial charge in [0, 0.05) is 18.3 Å². The third kappa shape index (κ3) is 2.76. The smallest absolute Gasteiger partial charge is 0.273 e. The van der Waals surface area contributed by atoms with Crippen LogP contribution in [0.5, 0.6) is 5.75 Å². The minimum atomic E-state index is -0.280. The molecule has 0 spiro atoms. The maximum atomic E-state index is 12.4. The minimum Gasteiger partial charge on any atom is -0.495 e. The molecule has 0 aliphatic heterocycles. The largest absolute Gasteiger partial charge is 0.495 e. The van der Waals surface area contributed by atoms with Gasteiger partial charge in [0.15, 0.2) is 0 Å². The van der Waals surface area contributed by atoms with E-state index in [9.17, 15) is 4.79 Å². The van der Waals surface area contributed by atoms with Gasteiger partial charge in [-0.25, -0.2) is 0 Å². The Kier molecular flexibility index (Phi) is 4.07. The van der Waals surface area contributed by atoms with Crippen LogP contribution in [-0.2, 0) is 7.05 Å². The molecule has 0 radical (unpaired) electrons. The van der Waals surface area contributed by atoms with Crippen molar-refractivity contribution in [2.45, 2.75) is 13.8 Å². The number of amides is 1. The second-order valence-electron chi connectivity index (χ2n) is 5.49. The van der Waals surface area contributed by atoms with Crippen molar-refractivity contribution in [2.24, 2.45) is 7.05 Å². The monoisotopic (exact) mass is 325 g/mol. The summed E-state index contributed by atoms with van der Waals surface area (Å²) in [7, 11) is 3.45. The molecule has 0 aliphatic rings. The van der Waals surface area contributed by atoms with Crippen molar-refractivity contribution in [2.75, 3.05) is 12.4 Å². The molecule has 7 nitrogen and oxygen atoms in total. The van der Waals surface area contributed by atoms with Crippen LogP contribution >= 0.6 is 0 Å². The van der Waals surface area contributed by atoms with E-state index in [4.69, 9.17) is 4.74 Å². The molecule has 0 atom stereocenters. The lowest BCUT2D eigenvalue weighted by Crippen LogP contribution is -2.13. The van der Waals surface area contributed by atoms with Crippen molar-refractivity contribution in [3.8, 4) is 17.0 Å². The van der Waals surface area contributed by atoms with E-state index >= 15 is 0 Å². The number of carbonyl (C=O) groups excluding carboxylic acids is 1. The number of nitrogens with zero attached hydrogens (tertiary/aromatic N) is 3. The highest BCUT2D eigenvalue weighted by molar-refractivity contribution is 6.04. The zero-order valence-electron chi connectivity index (χ0n) is 14.0. The summed E-state index contributed by atoms with van der Waals surface area (Å²) in [5.74, 6) is 0.321. The highest BCUT2D eigenvalue weighted by atomic mass is 16.5. The van der Waals surface area contributed by atoms with Gasteiger partial charge in [0.1, 0.15) is 11.4 Å². The fraction of sp³-hybridized carbons (Fsp3) is 0.235. The van der Waals surface area contributed by atoms with Crippen molar-refractivity contribution in [1.29, 1.82) is 0 Å². The summed E-state index contributed by atoms with van der Waals surface area (Å²) in [4.78, 5) is 12.4. The fourth-order valence-electron chi connectivity index (χ4n) is 2.65. The standard InChI is InChI=1S/C17H19N5O2/c1-10-16(11(2)22(3)21-10)13-9-14(20-19-13)17(23)18-12-7-5-6-8-15(12)24-4/h5-9H,1-4H3,(H,18,23)(H,19,20). The molecule has 124 valence electrons. The van der Waals surface area contributed by atoms with Gasteiger partial charge in [0.05, 0.1) is 24.2 Å². The average molecular weight is 325 g/mol. The zero-order valence-corrected chi connectivity index (χ0v) is 14.0. The van der Waals surface area contributed by atoms with Crippen molar-refractivity contribution < 1.29 is 9.53 Å². The summed E-state index contributed by atoms with van der Waals surface area (Å²) in [6.45, 7) is 3.89. The Morgan fingerprint density at radius 2 is 2.04 bits per heavy atom. The van der Waals surface area contributed by atoms with E-state index < -0.39 is 0 Å². The number of aromatic amines is 1. The third-order valence-corrected chi connectivity index (χ3v) is 3.94. The van der Waals surface area contributed by atoms with E-state index in [0.717, 1.165) is 17.0 Å². The van der Waals surface area contributed by atoms with Gasteiger partial charge in [0.2, 0.25) is 0 Å². The molecular formula is C17H19N5O2. The van der Waals surface area contributed by atoms with E-state index in [-0.39, 0.29) is 5.91 Å². The molecule has 1 aromatic carbocycles. The van der Waals surface area contributed by atoms with Crippen LogP contribution in [0.15, 0.2) is 30.3 Å². The van der Waals surface area contributed by atoms with Gasteiger partial charge in [0.25, 0.3) is 5.91 Å². The summed E-state index contributed by atoms with van der Waals surface area (Å²) in [6, 6.07) is 8.97. The number of H-pyrrole nitrogens is 1. The van der Waals surface area contributed by atoms with Crippen LogP contribution in [0.25, 0.3) is 11.3 Å². The number of anilines is 1. The number of methoxy groups -OCH3 is 1. The Balaban J connectivity index is 1.86. The quantitative estimate of drug-likeness (QED) is 0.772. The lowest BCUT2D eigenvalue weighted by Gasteiger charge is -2.08. The first-order chi connectivity index (χ1) is 11.5. The van der Waals surface area contributed by atoms with Crippen LogP contribution in [-0.4, -0.2) is 33.0 Å². The molecule has 0 unspecified atom stereocenters. The van der Waals surface area contributed by atoms with Crippen LogP contribution in [0.4, 0.5) is 5.69 Å². The van der Waals surface area contributed by atoms with Crippen LogP contribution < -0.4 is 10.1 Å². The zero-order chi connectivity index (χ0) is 17.3. The predicted molar refractivity (Wildman–Crippen MR) is 91.2 cm³/mol. The SMILES string of the molecule is COc1ccccc1NC(=O)c1cc(-c2c(C)nn(C)c2C)n[nH]1. The first-order valence-corrected chi connectivity index (χ1v) is 7.51. The van der Waals surface area contributed by atoms with Crippen molar-refractivity contribution in [3.63, 3.8) is 0 Å². The molecule has 0 fully saturated rings. The van der Waals surface area contributed by atoms with Crippen LogP contribution in [0.3, 0.4) is 0 Å². The van der Waals surface area contributed by atoms with Gasteiger partial charge in [-0.3, -0.25) is 14.6 Å². The molecule has 1 amide bonds. The van der Waals surface area contributed by atoms with Gasteiger partial charge in [-0.15, -0.1) is 0 Å². The number of nitrogens with one attached hydrogen (secondary N) is 2. The minimum absolute atomic E-state index is 0.280. The van der Waals surface area contributed by atoms with E-state index in [0.29, 0.717) is 22.8 Å². The van der Waals surface area contributed by atoms with Gasteiger partial charge in [-0.1, -0.05) is 12.1 Å². The Labute approximate surface area is 139 Å². The molecule has 24 heavy (non-hydrogen) atoms. The summed E-state index contributed by atoms with van der Waals surface area (Å²) in [5.41, 5.74) is 4.48. The van der Waals surface area contributed by atoms with E-state index in [1.807, 2.05) is 33.0 Å². The highest BCUT2D eigenvalue weighted by Gasteiger charge is 2.17. The molecule has 2 N–H and O–H groups in total. The van der Waals surface area contributed by atoms with E-state index in [1.54, 1.807) is 30.0 Å². The summed E-state index contributed by atoms with van der Waals surface area (Å²) in [5, 5.41) is 14.2. The first-order valence-electron chi connectivity index (χ1n) is 7.51. The lowest BCUT2D eigenvalue weighted by molar-refractivity contribution is 0.102. The van der Waals surface area contributed by atoms with Crippen molar-refractivity contribution >= 4 is 11.6 Å². The molecule has 0 bridgehead atoms. The van der Waals surface area contributed by atoms with Crippen molar-refractivity contribution in [1.82, 2.24) is 20.0 Å². The van der Waals surface area contributed by atoms with Gasteiger partial charge >= 0.3 is 0 Å². The number of ether oxygens (including phenoxy) is 1. The average Bonchev–Trinajstić information content (AvgIpc) is 3.13. The Hall–Kier alpha value is -3.09. The molecule has 7 heteroatoms. The molecule has 0 saturated carbocycles. The maximum Gasteiger partial charge on any atom is 0.273 e. The molecule has 3 rings (SSSR count). The lowest BCUT2D eigenvalue weighted by atomic mass is 10.1. The number of rotatable bonds is 4. The second kappa shape index (κ2) is 6.19. The molecule has 2 heterocycles. The number of para-hydroxylation sites is 2. The topological polar surface area (TPSA) is 84.8 Å². The number of aryl methyl sites for hydroxylation is 2. The van der Waals surface area contributed by atoms with Gasteiger partial charge in [-0.2, -0.15) is 10.2 Å². The molecular weight excluding hydrogens is 306 g/mol. The van der Waals surface area contributed by atoms with Gasteiger partial charge < -0.3 is 10.1 Å². The number of aromatic nitrogens is 4. The normalized spacial score (nSPS) is 10.7. The Morgan fingerprint density at radius 1 is 1.29 bits per heavy atom. The Bertz CT molecular complexity index is 894. The highest BCUT2D eigenvalue weighted by Crippen LogP contribution is 2.26. The molecule has 0 saturated heterocycles. The van der Waals surface area contributed by atoms with Crippen LogP contribution in [0, 0.1) is 13.8 Å². The van der Waals surface area contributed by atoms with E-state index in [1.165, 1.54) is 0 Å². The Morgan fingerprint density at radius 3 is 2.71 bits per heavy atom. The van der Waals surface area contributed by atoms with Gasteiger partial charge in [-0.05, 0) is 32.0 Å². The first kappa shape index (κ1) is 15.8. The van der Waals surface area contributed by atoms with E-state index in [2.05, 4.69) is 20.6 Å². The fourth-order valence-corrected chi connectivity index (χ4v) is 2.65. The number of hydrogen-bond acceptors (Lipinski definition) is 4. The number of carbonyl (C=O) groups is 1. The third-order valence-electron chi connectivity index (χ3n) is 3.94. The van der Waals surface area contributed by atoms with Crippen LogP contribution in [0.1, 0.15) is 21.9 Å². The summed E-state index contributed by atoms with van der Waals surface area (Å²) < 4.78 is 7.04. The second-order valence-corrected chi connectivity index (χ2v) is 5.49. The maximum absolute atomic E-state index is 12.4. The summed E-state index contributed by atoms with van der Waals surface area (Å²) in [6.07, 6.45) is 0. The molecule has 3 aromatic rings. The molecule has 2 aromatic heterocycles.